The van der Waals surface area contributed by atoms with Gasteiger partial charge in [0, 0.05) is 86.2 Å². The molecular formula is C31H35N7O3. The summed E-state index contributed by atoms with van der Waals surface area (Å²) in [6.07, 6.45) is 6.49. The van der Waals surface area contributed by atoms with Crippen molar-refractivity contribution >= 4 is 23.3 Å². The number of anilines is 2. The van der Waals surface area contributed by atoms with E-state index in [0.717, 1.165) is 91.3 Å². The number of ketones is 1. The molecule has 2 amide bonds. The highest BCUT2D eigenvalue weighted by Crippen LogP contribution is 2.41. The van der Waals surface area contributed by atoms with Crippen LogP contribution in [0.15, 0.2) is 30.5 Å². The van der Waals surface area contributed by atoms with E-state index in [9.17, 15) is 14.9 Å². The van der Waals surface area contributed by atoms with E-state index >= 15 is 0 Å². The molecular weight excluding hydrogens is 518 g/mol. The summed E-state index contributed by atoms with van der Waals surface area (Å²) >= 11 is 0. The van der Waals surface area contributed by atoms with Crippen LogP contribution in [0.25, 0.3) is 11.1 Å². The summed E-state index contributed by atoms with van der Waals surface area (Å²) in [7, 11) is 1.67. The number of carbonyl (C=O) groups is 2. The second kappa shape index (κ2) is 11.3. The molecule has 5 heterocycles. The van der Waals surface area contributed by atoms with Crippen LogP contribution < -0.4 is 10.2 Å². The summed E-state index contributed by atoms with van der Waals surface area (Å²) in [5.74, 6) is 0.949. The Morgan fingerprint density at radius 2 is 2.00 bits per heavy atom. The number of nitrogens with zero attached hydrogens (tertiary/aromatic N) is 6. The van der Waals surface area contributed by atoms with Crippen molar-refractivity contribution in [1.29, 1.82) is 5.26 Å². The highest BCUT2D eigenvalue weighted by molar-refractivity contribution is 5.80. The van der Waals surface area contributed by atoms with Gasteiger partial charge in [-0.25, -0.2) is 4.79 Å². The number of ether oxygens (including phenoxy) is 1. The molecule has 41 heavy (non-hydrogen) atoms. The predicted octanol–water partition coefficient (Wildman–Crippen LogP) is 4.08. The molecule has 0 spiro atoms. The fourth-order valence-electron chi connectivity index (χ4n) is 6.34. The standard InChI is InChI=1S/C31H35N7O3/c1-20(39)14-24-6-5-22(18-34-24)26-15-21-4-3-10-37(29(21)16-23(26)17-32)30-27-19-36(31(40)33-2)11-7-28(27)38(35-30)25-8-12-41-13-9-25/h5-6,15-16,18,25H,3-4,7-14,19H2,1-2H3,(H,33,40). The Balaban J connectivity index is 1.41. The molecule has 212 valence electrons. The maximum atomic E-state index is 12.6. The third-order valence-corrected chi connectivity index (χ3v) is 8.38. The van der Waals surface area contributed by atoms with Gasteiger partial charge in [0.05, 0.1) is 24.2 Å². The van der Waals surface area contributed by atoms with Crippen LogP contribution in [0.4, 0.5) is 16.3 Å². The summed E-state index contributed by atoms with van der Waals surface area (Å²) in [4.78, 5) is 32.7. The zero-order valence-corrected chi connectivity index (χ0v) is 23.7. The summed E-state index contributed by atoms with van der Waals surface area (Å²) in [5.41, 5.74) is 7.44. The van der Waals surface area contributed by atoms with Crippen molar-refractivity contribution < 1.29 is 14.3 Å². The van der Waals surface area contributed by atoms with Crippen LogP contribution >= 0.6 is 0 Å². The first-order valence-electron chi connectivity index (χ1n) is 14.4. The Bertz CT molecular complexity index is 1520. The van der Waals surface area contributed by atoms with E-state index < -0.39 is 0 Å². The number of hydrogen-bond acceptors (Lipinski definition) is 7. The second-order valence-corrected chi connectivity index (χ2v) is 11.1. The highest BCUT2D eigenvalue weighted by Gasteiger charge is 2.34. The van der Waals surface area contributed by atoms with Crippen molar-refractivity contribution in [2.45, 2.75) is 58.0 Å². The number of benzene rings is 1. The van der Waals surface area contributed by atoms with Gasteiger partial charge in [-0.2, -0.15) is 10.4 Å². The van der Waals surface area contributed by atoms with Crippen molar-refractivity contribution in [2.75, 3.05) is 38.3 Å². The molecule has 6 rings (SSSR count). The smallest absolute Gasteiger partial charge is 0.317 e. The van der Waals surface area contributed by atoms with E-state index in [1.54, 1.807) is 20.2 Å². The Morgan fingerprint density at radius 1 is 1.17 bits per heavy atom. The average molecular weight is 554 g/mol. The van der Waals surface area contributed by atoms with Gasteiger partial charge in [0.15, 0.2) is 5.82 Å². The van der Waals surface area contributed by atoms with E-state index in [1.165, 1.54) is 5.69 Å². The molecule has 0 aliphatic carbocycles. The molecule has 3 aromatic rings. The molecule has 2 aromatic heterocycles. The van der Waals surface area contributed by atoms with Gasteiger partial charge in [0.25, 0.3) is 0 Å². The Morgan fingerprint density at radius 3 is 2.71 bits per heavy atom. The van der Waals surface area contributed by atoms with Crippen molar-refractivity contribution in [3.63, 3.8) is 0 Å². The fourth-order valence-corrected chi connectivity index (χ4v) is 6.34. The van der Waals surface area contributed by atoms with Gasteiger partial charge in [-0.05, 0) is 56.4 Å². The molecule has 0 saturated carbocycles. The van der Waals surface area contributed by atoms with E-state index in [-0.39, 0.29) is 17.9 Å². The van der Waals surface area contributed by atoms with E-state index in [1.807, 2.05) is 23.1 Å². The first kappa shape index (κ1) is 27.0. The van der Waals surface area contributed by atoms with Crippen LogP contribution in [-0.2, 0) is 35.3 Å². The highest BCUT2D eigenvalue weighted by atomic mass is 16.5. The zero-order valence-electron chi connectivity index (χ0n) is 23.7. The third-order valence-electron chi connectivity index (χ3n) is 8.38. The van der Waals surface area contributed by atoms with Crippen LogP contribution in [-0.4, -0.2) is 64.8 Å². The summed E-state index contributed by atoms with van der Waals surface area (Å²) in [6.45, 7) is 4.95. The first-order valence-corrected chi connectivity index (χ1v) is 14.4. The van der Waals surface area contributed by atoms with Gasteiger partial charge in [0.1, 0.15) is 5.78 Å². The van der Waals surface area contributed by atoms with E-state index in [2.05, 4.69) is 32.0 Å². The number of nitrogens with one attached hydrogen (secondary N) is 1. The number of hydrogen-bond donors (Lipinski definition) is 1. The Hall–Kier alpha value is -4.23. The van der Waals surface area contributed by atoms with Gasteiger partial charge < -0.3 is 19.9 Å². The van der Waals surface area contributed by atoms with Crippen molar-refractivity contribution in [3.8, 4) is 17.2 Å². The molecule has 10 heteroatoms. The van der Waals surface area contributed by atoms with Gasteiger partial charge in [0.2, 0.25) is 0 Å². The fraction of sp³-hybridized carbons (Fsp3) is 0.452. The van der Waals surface area contributed by atoms with Crippen LogP contribution in [0.1, 0.15) is 60.3 Å². The third kappa shape index (κ3) is 5.18. The number of aromatic nitrogens is 3. The minimum Gasteiger partial charge on any atom is -0.381 e. The number of fused-ring (bicyclic) bond motifs is 2. The SMILES string of the molecule is CNC(=O)N1CCc2c(c(N3CCCc4cc(-c5ccc(CC(C)=O)nc5)c(C#N)cc43)nn2C2CCOCC2)C1. The van der Waals surface area contributed by atoms with Crippen molar-refractivity contribution in [1.82, 2.24) is 25.0 Å². The van der Waals surface area contributed by atoms with Crippen molar-refractivity contribution in [3.05, 3.63) is 58.5 Å². The number of Topliss-reactive ketones (excluding diaryl/α,β-unsaturated/α-hetero) is 1. The molecule has 10 nitrogen and oxygen atoms in total. The van der Waals surface area contributed by atoms with Crippen LogP contribution in [0.5, 0.6) is 0 Å². The monoisotopic (exact) mass is 553 g/mol. The number of carbonyl (C=O) groups excluding carboxylic acids is 2. The molecule has 1 saturated heterocycles. The first-order chi connectivity index (χ1) is 20.0. The molecule has 0 atom stereocenters. The number of urea groups is 1. The van der Waals surface area contributed by atoms with Crippen LogP contribution in [0, 0.1) is 11.3 Å². The van der Waals surface area contributed by atoms with Gasteiger partial charge >= 0.3 is 6.03 Å². The minimum absolute atomic E-state index is 0.0664. The van der Waals surface area contributed by atoms with Gasteiger partial charge in [-0.1, -0.05) is 6.07 Å². The maximum absolute atomic E-state index is 12.6. The lowest BCUT2D eigenvalue weighted by atomic mass is 9.92. The minimum atomic E-state index is -0.0844. The number of nitriles is 1. The Kier molecular flexibility index (Phi) is 7.45. The summed E-state index contributed by atoms with van der Waals surface area (Å²) < 4.78 is 7.84. The van der Waals surface area contributed by atoms with Gasteiger partial charge in [-0.15, -0.1) is 0 Å². The lowest BCUT2D eigenvalue weighted by Gasteiger charge is -2.33. The average Bonchev–Trinajstić information content (AvgIpc) is 3.39. The molecule has 3 aliphatic heterocycles. The normalized spacial score (nSPS) is 17.0. The zero-order chi connectivity index (χ0) is 28.5. The number of aryl methyl sites for hydroxylation is 1. The predicted molar refractivity (Wildman–Crippen MR) is 154 cm³/mol. The lowest BCUT2D eigenvalue weighted by molar-refractivity contribution is -0.116. The largest absolute Gasteiger partial charge is 0.381 e. The van der Waals surface area contributed by atoms with Crippen LogP contribution in [0.2, 0.25) is 0 Å². The molecule has 1 aromatic carbocycles. The van der Waals surface area contributed by atoms with E-state index in [0.29, 0.717) is 25.1 Å². The quantitative estimate of drug-likeness (QED) is 0.506. The maximum Gasteiger partial charge on any atom is 0.317 e. The molecule has 0 bridgehead atoms. The molecule has 1 N–H and O–H groups in total. The molecule has 3 aliphatic rings. The summed E-state index contributed by atoms with van der Waals surface area (Å²) in [5, 5.41) is 18.2. The second-order valence-electron chi connectivity index (χ2n) is 11.1. The lowest BCUT2D eigenvalue weighted by Crippen LogP contribution is -2.42. The van der Waals surface area contributed by atoms with Crippen LogP contribution in [0.3, 0.4) is 0 Å². The summed E-state index contributed by atoms with van der Waals surface area (Å²) in [6, 6.07) is 10.5. The molecule has 0 unspecified atom stereocenters. The number of pyridine rings is 1. The topological polar surface area (TPSA) is 116 Å². The molecule has 0 radical (unpaired) electrons. The van der Waals surface area contributed by atoms with E-state index in [4.69, 9.17) is 9.84 Å². The van der Waals surface area contributed by atoms with Crippen molar-refractivity contribution in [2.24, 2.45) is 0 Å². The number of amides is 2. The molecule has 1 fully saturated rings. The number of rotatable bonds is 5. The van der Waals surface area contributed by atoms with Gasteiger partial charge in [-0.3, -0.25) is 14.5 Å². The Labute approximate surface area is 239 Å².